The number of carbonyl (C=O) groups is 1. The van der Waals surface area contributed by atoms with Gasteiger partial charge in [-0.1, -0.05) is 29.3 Å². The fraction of sp³-hybridized carbons (Fsp3) is 0.118. The molecule has 0 unspecified atom stereocenters. The molecule has 0 radical (unpaired) electrons. The number of rotatable bonds is 4. The monoisotopic (exact) mass is 377 g/mol. The second-order valence-corrected chi connectivity index (χ2v) is 6.18. The number of carbonyl (C=O) groups excluding carboxylic acids is 1. The van der Waals surface area contributed by atoms with Crippen molar-refractivity contribution in [2.75, 3.05) is 11.9 Å². The number of aliphatic hydroxyl groups is 1. The summed E-state index contributed by atoms with van der Waals surface area (Å²) in [5.41, 5.74) is 1.89. The summed E-state index contributed by atoms with van der Waals surface area (Å²) in [6.45, 7) is -0.636. The molecule has 6 nitrogen and oxygen atoms in total. The third-order valence-electron chi connectivity index (χ3n) is 3.58. The van der Waals surface area contributed by atoms with Crippen molar-refractivity contribution in [2.45, 2.75) is 6.42 Å². The summed E-state index contributed by atoms with van der Waals surface area (Å²) in [7, 11) is 0. The van der Waals surface area contributed by atoms with Gasteiger partial charge in [0.25, 0.3) is 5.56 Å². The topological polar surface area (TPSA) is 83.7 Å². The number of benzene rings is 1. The van der Waals surface area contributed by atoms with Gasteiger partial charge >= 0.3 is 0 Å². The van der Waals surface area contributed by atoms with Crippen molar-refractivity contribution >= 4 is 40.4 Å². The lowest BCUT2D eigenvalue weighted by atomic mass is 10.1. The Morgan fingerprint density at radius 3 is 2.72 bits per heavy atom. The van der Waals surface area contributed by atoms with Crippen LogP contribution in [0.2, 0.25) is 10.0 Å². The number of anilines is 1. The van der Waals surface area contributed by atoms with Crippen LogP contribution in [-0.2, 0) is 11.2 Å². The van der Waals surface area contributed by atoms with E-state index in [2.05, 4.69) is 10.3 Å². The Labute approximate surface area is 152 Å². The van der Waals surface area contributed by atoms with Crippen LogP contribution in [0.4, 0.5) is 5.69 Å². The third-order valence-corrected chi connectivity index (χ3v) is 4.32. The van der Waals surface area contributed by atoms with Gasteiger partial charge < -0.3 is 10.4 Å². The average Bonchev–Trinajstić information content (AvgIpc) is 2.61. The molecule has 3 rings (SSSR count). The highest BCUT2D eigenvalue weighted by Gasteiger charge is 2.09. The number of nitrogens with zero attached hydrogens (tertiary/aromatic N) is 2. The van der Waals surface area contributed by atoms with Crippen molar-refractivity contribution in [3.63, 3.8) is 0 Å². The zero-order valence-corrected chi connectivity index (χ0v) is 14.4. The molecule has 0 saturated heterocycles. The molecule has 3 aromatic rings. The van der Waals surface area contributed by atoms with Gasteiger partial charge in [-0.3, -0.25) is 14.0 Å². The first-order chi connectivity index (χ1) is 12.0. The SMILES string of the molecule is O=C(CO)Nc1ccc2ncc(Cc3ccc(Cl)c(Cl)c3)c(=O)n2c1. The van der Waals surface area contributed by atoms with Crippen LogP contribution in [0.5, 0.6) is 0 Å². The first-order valence-electron chi connectivity index (χ1n) is 7.33. The zero-order valence-electron chi connectivity index (χ0n) is 12.9. The highest BCUT2D eigenvalue weighted by atomic mass is 35.5. The second kappa shape index (κ2) is 7.23. The van der Waals surface area contributed by atoms with Crippen LogP contribution in [0.15, 0.2) is 47.5 Å². The van der Waals surface area contributed by atoms with Crippen molar-refractivity contribution in [1.29, 1.82) is 0 Å². The van der Waals surface area contributed by atoms with E-state index in [1.165, 1.54) is 16.8 Å². The standard InChI is InChI=1S/C17H13Cl2N3O3/c18-13-3-1-10(6-14(13)19)5-11-7-20-15-4-2-12(21-16(24)9-23)8-22(15)17(11)25/h1-4,6-8,23H,5,9H2,(H,21,24). The van der Waals surface area contributed by atoms with Gasteiger partial charge in [0.15, 0.2) is 0 Å². The van der Waals surface area contributed by atoms with E-state index in [-0.39, 0.29) is 5.56 Å². The molecule has 2 N–H and O–H groups in total. The quantitative estimate of drug-likeness (QED) is 0.731. The first-order valence-corrected chi connectivity index (χ1v) is 8.08. The van der Waals surface area contributed by atoms with E-state index in [1.54, 1.807) is 30.3 Å². The van der Waals surface area contributed by atoms with Gasteiger partial charge in [-0.05, 0) is 29.8 Å². The Morgan fingerprint density at radius 1 is 1.20 bits per heavy atom. The molecule has 1 aromatic carbocycles. The lowest BCUT2D eigenvalue weighted by Gasteiger charge is -2.08. The molecule has 25 heavy (non-hydrogen) atoms. The second-order valence-electron chi connectivity index (χ2n) is 5.37. The number of nitrogens with one attached hydrogen (secondary N) is 1. The molecule has 2 heterocycles. The van der Waals surface area contributed by atoms with Crippen molar-refractivity contribution < 1.29 is 9.90 Å². The first kappa shape index (κ1) is 17.4. The number of aromatic nitrogens is 2. The third kappa shape index (κ3) is 3.82. The summed E-state index contributed by atoms with van der Waals surface area (Å²) in [5, 5.41) is 12.2. The van der Waals surface area contributed by atoms with Crippen molar-refractivity contribution in [3.8, 4) is 0 Å². The van der Waals surface area contributed by atoms with Crippen LogP contribution in [0.1, 0.15) is 11.1 Å². The average molecular weight is 378 g/mol. The Hall–Kier alpha value is -2.41. The Balaban J connectivity index is 1.98. The minimum Gasteiger partial charge on any atom is -0.387 e. The van der Waals surface area contributed by atoms with E-state index in [4.69, 9.17) is 28.3 Å². The fourth-order valence-corrected chi connectivity index (χ4v) is 2.70. The lowest BCUT2D eigenvalue weighted by molar-refractivity contribution is -0.118. The smallest absolute Gasteiger partial charge is 0.261 e. The van der Waals surface area contributed by atoms with Crippen LogP contribution in [0.3, 0.4) is 0 Å². The van der Waals surface area contributed by atoms with Crippen LogP contribution in [-0.4, -0.2) is 27.0 Å². The van der Waals surface area contributed by atoms with Crippen LogP contribution >= 0.6 is 23.2 Å². The van der Waals surface area contributed by atoms with Crippen LogP contribution < -0.4 is 10.9 Å². The van der Waals surface area contributed by atoms with E-state index in [1.807, 2.05) is 0 Å². The molecule has 0 aliphatic heterocycles. The number of hydrogen-bond acceptors (Lipinski definition) is 4. The predicted molar refractivity (Wildman–Crippen MR) is 96.4 cm³/mol. The molecular formula is C17H13Cl2N3O3. The van der Waals surface area contributed by atoms with Crippen molar-refractivity contribution in [1.82, 2.24) is 9.38 Å². The molecule has 128 valence electrons. The van der Waals surface area contributed by atoms with Gasteiger partial charge in [0.05, 0.1) is 15.7 Å². The maximum Gasteiger partial charge on any atom is 0.261 e. The van der Waals surface area contributed by atoms with Crippen LogP contribution in [0.25, 0.3) is 5.65 Å². The molecular weight excluding hydrogens is 365 g/mol. The largest absolute Gasteiger partial charge is 0.387 e. The van der Waals surface area contributed by atoms with E-state index >= 15 is 0 Å². The van der Waals surface area contributed by atoms with Gasteiger partial charge in [0, 0.05) is 24.4 Å². The summed E-state index contributed by atoms with van der Waals surface area (Å²) in [4.78, 5) is 28.2. The van der Waals surface area contributed by atoms with E-state index in [0.29, 0.717) is 33.4 Å². The summed E-state index contributed by atoms with van der Waals surface area (Å²) >= 11 is 11.9. The maximum atomic E-state index is 12.7. The number of aliphatic hydroxyl groups excluding tert-OH is 1. The molecule has 0 bridgehead atoms. The highest BCUT2D eigenvalue weighted by molar-refractivity contribution is 6.42. The minimum absolute atomic E-state index is 0.254. The summed E-state index contributed by atoms with van der Waals surface area (Å²) < 4.78 is 1.35. The van der Waals surface area contributed by atoms with Crippen LogP contribution in [0, 0.1) is 0 Å². The molecule has 0 aliphatic carbocycles. The number of amides is 1. The molecule has 0 spiro atoms. The van der Waals surface area contributed by atoms with Gasteiger partial charge in [-0.15, -0.1) is 0 Å². The molecule has 0 atom stereocenters. The molecule has 2 aromatic heterocycles. The summed E-state index contributed by atoms with van der Waals surface area (Å²) in [6.07, 6.45) is 3.33. The Bertz CT molecular complexity index is 1020. The molecule has 8 heteroatoms. The number of halogens is 2. The lowest BCUT2D eigenvalue weighted by Crippen LogP contribution is -2.21. The summed E-state index contributed by atoms with van der Waals surface area (Å²) in [5.74, 6) is -0.563. The van der Waals surface area contributed by atoms with E-state index in [0.717, 1.165) is 5.56 Å². The molecule has 1 amide bonds. The molecule has 0 fully saturated rings. The number of fused-ring (bicyclic) bond motifs is 1. The van der Waals surface area contributed by atoms with Gasteiger partial charge in [0.1, 0.15) is 12.3 Å². The minimum atomic E-state index is -0.636. The van der Waals surface area contributed by atoms with Gasteiger partial charge in [0.2, 0.25) is 5.91 Å². The molecule has 0 aliphatic rings. The fourth-order valence-electron chi connectivity index (χ4n) is 2.38. The zero-order chi connectivity index (χ0) is 18.0. The summed E-state index contributed by atoms with van der Waals surface area (Å²) in [6, 6.07) is 8.38. The number of pyridine rings is 1. The van der Waals surface area contributed by atoms with E-state index in [9.17, 15) is 9.59 Å². The van der Waals surface area contributed by atoms with E-state index < -0.39 is 12.5 Å². The maximum absolute atomic E-state index is 12.7. The van der Waals surface area contributed by atoms with Crippen molar-refractivity contribution in [2.24, 2.45) is 0 Å². The Kier molecular flexibility index (Phi) is 5.03. The predicted octanol–water partition coefficient (Wildman–Crippen LogP) is 2.52. The highest BCUT2D eigenvalue weighted by Crippen LogP contribution is 2.23. The van der Waals surface area contributed by atoms with Gasteiger partial charge in [-0.25, -0.2) is 4.98 Å². The van der Waals surface area contributed by atoms with Gasteiger partial charge in [-0.2, -0.15) is 0 Å². The molecule has 0 saturated carbocycles. The van der Waals surface area contributed by atoms with Crippen molar-refractivity contribution in [3.05, 3.63) is 74.3 Å². The Morgan fingerprint density at radius 2 is 2.00 bits per heavy atom. The number of hydrogen-bond donors (Lipinski definition) is 2. The normalized spacial score (nSPS) is 10.8.